The maximum Gasteiger partial charge on any atom is 0.125 e. The third-order valence-electron chi connectivity index (χ3n) is 5.06. The molecule has 1 aliphatic carbocycles. The van der Waals surface area contributed by atoms with Crippen molar-refractivity contribution in [1.82, 2.24) is 14.5 Å². The number of nitrogens with zero attached hydrogens (tertiary/aromatic N) is 3. The number of pyridine rings is 1. The summed E-state index contributed by atoms with van der Waals surface area (Å²) >= 11 is 0. The molecule has 0 saturated carbocycles. The number of aromatic nitrogens is 3. The second kappa shape index (κ2) is 4.86. The molecule has 0 fully saturated rings. The van der Waals surface area contributed by atoms with Gasteiger partial charge in [-0.15, -0.1) is 0 Å². The van der Waals surface area contributed by atoms with Crippen LogP contribution in [0.5, 0.6) is 0 Å². The second-order valence-electron chi connectivity index (χ2n) is 6.37. The molecule has 0 radical (unpaired) electrons. The number of anilines is 1. The first-order valence-electron chi connectivity index (χ1n) is 7.95. The van der Waals surface area contributed by atoms with E-state index in [-0.39, 0.29) is 0 Å². The highest BCUT2D eigenvalue weighted by Crippen LogP contribution is 2.39. The maximum atomic E-state index is 4.78. The van der Waals surface area contributed by atoms with Gasteiger partial charge in [-0.05, 0) is 50.2 Å². The van der Waals surface area contributed by atoms with Crippen LogP contribution < -0.4 is 5.32 Å². The number of imidazole rings is 1. The smallest absolute Gasteiger partial charge is 0.125 e. The topological polar surface area (TPSA) is 42.7 Å². The van der Waals surface area contributed by atoms with Gasteiger partial charge in [0.05, 0.1) is 5.69 Å². The van der Waals surface area contributed by atoms with Gasteiger partial charge in [0.25, 0.3) is 0 Å². The van der Waals surface area contributed by atoms with E-state index in [0.717, 1.165) is 30.8 Å². The molecule has 3 heterocycles. The van der Waals surface area contributed by atoms with Crippen molar-refractivity contribution < 1.29 is 0 Å². The van der Waals surface area contributed by atoms with Crippen LogP contribution in [0, 0.1) is 12.8 Å². The molecule has 0 amide bonds. The minimum Gasteiger partial charge on any atom is -0.373 e. The maximum absolute atomic E-state index is 4.78. The van der Waals surface area contributed by atoms with E-state index in [1.54, 1.807) is 0 Å². The average molecular weight is 282 g/mol. The number of rotatable bonds is 2. The Labute approximate surface area is 125 Å². The molecule has 2 aromatic heterocycles. The lowest BCUT2D eigenvalue weighted by molar-refractivity contribution is 0.303. The first kappa shape index (κ1) is 12.9. The molecule has 4 heteroatoms. The zero-order chi connectivity index (χ0) is 14.4. The summed E-state index contributed by atoms with van der Waals surface area (Å²) in [6.45, 7) is 2.10. The lowest BCUT2D eigenvalue weighted by Gasteiger charge is -2.30. The SMILES string of the molecule is CNc1ccc2c(n1)CC(C1CCc3nc(C)cn31)CC2. The monoisotopic (exact) mass is 282 g/mol. The van der Waals surface area contributed by atoms with Gasteiger partial charge in [0.1, 0.15) is 11.6 Å². The average Bonchev–Trinajstić information content (AvgIpc) is 3.04. The Morgan fingerprint density at radius 1 is 1.19 bits per heavy atom. The van der Waals surface area contributed by atoms with Gasteiger partial charge in [-0.1, -0.05) is 6.07 Å². The molecule has 0 aromatic carbocycles. The van der Waals surface area contributed by atoms with Crippen LogP contribution in [-0.4, -0.2) is 21.6 Å². The summed E-state index contributed by atoms with van der Waals surface area (Å²) in [5, 5.41) is 3.15. The highest BCUT2D eigenvalue weighted by molar-refractivity contribution is 5.39. The summed E-state index contributed by atoms with van der Waals surface area (Å²) in [4.78, 5) is 9.42. The summed E-state index contributed by atoms with van der Waals surface area (Å²) in [5.41, 5.74) is 3.88. The summed E-state index contributed by atoms with van der Waals surface area (Å²) in [6, 6.07) is 4.95. The van der Waals surface area contributed by atoms with E-state index in [0.29, 0.717) is 12.0 Å². The van der Waals surface area contributed by atoms with Crippen LogP contribution in [0.2, 0.25) is 0 Å². The van der Waals surface area contributed by atoms with Crippen molar-refractivity contribution in [2.24, 2.45) is 5.92 Å². The fraction of sp³-hybridized carbons (Fsp3) is 0.529. The van der Waals surface area contributed by atoms with Gasteiger partial charge in [-0.25, -0.2) is 9.97 Å². The minimum atomic E-state index is 0.620. The molecule has 1 N–H and O–H groups in total. The van der Waals surface area contributed by atoms with Crippen LogP contribution in [0.1, 0.15) is 41.7 Å². The Kier molecular flexibility index (Phi) is 2.98. The number of fused-ring (bicyclic) bond motifs is 2. The molecule has 110 valence electrons. The van der Waals surface area contributed by atoms with Crippen molar-refractivity contribution in [3.8, 4) is 0 Å². The minimum absolute atomic E-state index is 0.620. The van der Waals surface area contributed by atoms with Gasteiger partial charge < -0.3 is 9.88 Å². The third kappa shape index (κ3) is 2.13. The molecule has 4 rings (SSSR count). The van der Waals surface area contributed by atoms with Gasteiger partial charge >= 0.3 is 0 Å². The molecular formula is C17H22N4. The molecule has 0 spiro atoms. The number of aryl methyl sites for hydroxylation is 3. The highest BCUT2D eigenvalue weighted by atomic mass is 15.1. The molecule has 2 atom stereocenters. The van der Waals surface area contributed by atoms with Gasteiger partial charge in [0.15, 0.2) is 0 Å². The van der Waals surface area contributed by atoms with Crippen molar-refractivity contribution in [2.45, 2.75) is 45.1 Å². The normalized spacial score (nSPS) is 23.7. The second-order valence-corrected chi connectivity index (χ2v) is 6.37. The highest BCUT2D eigenvalue weighted by Gasteiger charge is 2.33. The zero-order valence-corrected chi connectivity index (χ0v) is 12.8. The predicted octanol–water partition coefficient (Wildman–Crippen LogP) is 2.92. The zero-order valence-electron chi connectivity index (χ0n) is 12.8. The molecule has 4 nitrogen and oxygen atoms in total. The van der Waals surface area contributed by atoms with E-state index in [4.69, 9.17) is 4.98 Å². The molecular weight excluding hydrogens is 260 g/mol. The summed E-state index contributed by atoms with van der Waals surface area (Å²) in [5.74, 6) is 2.96. The molecule has 2 aromatic rings. The first-order chi connectivity index (χ1) is 10.2. The lowest BCUT2D eigenvalue weighted by atomic mass is 9.81. The van der Waals surface area contributed by atoms with E-state index in [1.165, 1.54) is 29.9 Å². The molecule has 0 bridgehead atoms. The Hall–Kier alpha value is -1.84. The van der Waals surface area contributed by atoms with Crippen LogP contribution in [0.15, 0.2) is 18.3 Å². The molecule has 0 saturated heterocycles. The molecule has 2 unspecified atom stereocenters. The molecule has 21 heavy (non-hydrogen) atoms. The van der Waals surface area contributed by atoms with Crippen molar-refractivity contribution in [3.63, 3.8) is 0 Å². The van der Waals surface area contributed by atoms with Crippen LogP contribution in [0.25, 0.3) is 0 Å². The summed E-state index contributed by atoms with van der Waals surface area (Å²) in [7, 11) is 1.94. The Balaban J connectivity index is 1.61. The molecule has 2 aliphatic rings. The first-order valence-corrected chi connectivity index (χ1v) is 7.95. The Bertz CT molecular complexity index is 673. The van der Waals surface area contributed by atoms with Gasteiger partial charge in [0.2, 0.25) is 0 Å². The quantitative estimate of drug-likeness (QED) is 0.921. The van der Waals surface area contributed by atoms with Gasteiger partial charge in [-0.2, -0.15) is 0 Å². The van der Waals surface area contributed by atoms with Crippen LogP contribution >= 0.6 is 0 Å². The Morgan fingerprint density at radius 2 is 2.10 bits per heavy atom. The van der Waals surface area contributed by atoms with E-state index in [1.807, 2.05) is 7.05 Å². The van der Waals surface area contributed by atoms with Crippen LogP contribution in [-0.2, 0) is 19.3 Å². The van der Waals surface area contributed by atoms with Crippen molar-refractivity contribution in [2.75, 3.05) is 12.4 Å². The fourth-order valence-corrected chi connectivity index (χ4v) is 4.01. The van der Waals surface area contributed by atoms with Crippen molar-refractivity contribution >= 4 is 5.82 Å². The van der Waals surface area contributed by atoms with E-state index in [9.17, 15) is 0 Å². The third-order valence-corrected chi connectivity index (χ3v) is 5.06. The standard InChI is InChI=1S/C17H22N4/c1-11-10-21-15(6-8-17(21)19-11)13-4-3-12-5-7-16(18-2)20-14(12)9-13/h5,7,10,13,15H,3-4,6,8-9H2,1-2H3,(H,18,20). The number of hydrogen-bond donors (Lipinski definition) is 1. The van der Waals surface area contributed by atoms with Gasteiger partial charge in [0, 0.05) is 31.4 Å². The van der Waals surface area contributed by atoms with E-state index < -0.39 is 0 Å². The largest absolute Gasteiger partial charge is 0.373 e. The number of nitrogens with one attached hydrogen (secondary N) is 1. The summed E-state index contributed by atoms with van der Waals surface area (Å²) < 4.78 is 2.44. The lowest BCUT2D eigenvalue weighted by Crippen LogP contribution is -2.24. The molecule has 1 aliphatic heterocycles. The fourth-order valence-electron chi connectivity index (χ4n) is 4.01. The van der Waals surface area contributed by atoms with Gasteiger partial charge in [-0.3, -0.25) is 0 Å². The Morgan fingerprint density at radius 3 is 2.95 bits per heavy atom. The number of hydrogen-bond acceptors (Lipinski definition) is 3. The predicted molar refractivity (Wildman–Crippen MR) is 83.6 cm³/mol. The summed E-state index contributed by atoms with van der Waals surface area (Å²) in [6.07, 6.45) is 8.15. The van der Waals surface area contributed by atoms with Crippen molar-refractivity contribution in [3.05, 3.63) is 41.1 Å². The van der Waals surface area contributed by atoms with Crippen LogP contribution in [0.3, 0.4) is 0 Å². The van der Waals surface area contributed by atoms with E-state index in [2.05, 4.69) is 40.1 Å². The van der Waals surface area contributed by atoms with E-state index >= 15 is 0 Å². The van der Waals surface area contributed by atoms with Crippen LogP contribution in [0.4, 0.5) is 5.82 Å². The van der Waals surface area contributed by atoms with Crippen molar-refractivity contribution in [1.29, 1.82) is 0 Å².